The maximum atomic E-state index is 13.6. The third kappa shape index (κ3) is 4.73. The minimum atomic E-state index is -4.43. The van der Waals surface area contributed by atoms with Crippen molar-refractivity contribution in [3.8, 4) is 11.5 Å². The van der Waals surface area contributed by atoms with Crippen LogP contribution in [0.2, 0.25) is 5.02 Å². The normalized spacial score (nSPS) is 11.0. The quantitative estimate of drug-likeness (QED) is 0.595. The molecule has 1 heterocycles. The zero-order valence-corrected chi connectivity index (χ0v) is 16.6. The molecule has 3 N–H and O–H groups in total. The molecule has 0 radical (unpaired) electrons. The Bertz CT molecular complexity index is 1250. The Morgan fingerprint density at radius 3 is 2.53 bits per heavy atom. The molecule has 0 aliphatic heterocycles. The summed E-state index contributed by atoms with van der Waals surface area (Å²) >= 11 is 6.02. The van der Waals surface area contributed by atoms with Crippen LogP contribution in [0.1, 0.15) is 20.8 Å². The van der Waals surface area contributed by atoms with Crippen LogP contribution in [0.15, 0.2) is 65.7 Å². The van der Waals surface area contributed by atoms with Gasteiger partial charge in [-0.15, -0.1) is 0 Å². The van der Waals surface area contributed by atoms with E-state index in [2.05, 4.69) is 4.98 Å². The Labute approximate surface area is 175 Å². The van der Waals surface area contributed by atoms with Crippen molar-refractivity contribution in [3.05, 3.63) is 82.9 Å². The number of carbonyl (C=O) groups excluding carboxylic acids is 2. The van der Waals surface area contributed by atoms with Gasteiger partial charge >= 0.3 is 0 Å². The Kier molecular flexibility index (Phi) is 5.99. The van der Waals surface area contributed by atoms with Gasteiger partial charge in [0.15, 0.2) is 0 Å². The van der Waals surface area contributed by atoms with Crippen molar-refractivity contribution in [2.75, 3.05) is 0 Å². The lowest BCUT2D eigenvalue weighted by atomic mass is 10.2. The molecule has 2 amide bonds. The van der Waals surface area contributed by atoms with Crippen LogP contribution in [-0.4, -0.2) is 25.2 Å². The Morgan fingerprint density at radius 1 is 1.10 bits per heavy atom. The summed E-state index contributed by atoms with van der Waals surface area (Å²) in [6.45, 7) is 0. The molecule has 154 valence electrons. The van der Waals surface area contributed by atoms with Crippen molar-refractivity contribution < 1.29 is 27.1 Å². The van der Waals surface area contributed by atoms with Gasteiger partial charge in [0.1, 0.15) is 23.0 Å². The monoisotopic (exact) mass is 449 g/mol. The van der Waals surface area contributed by atoms with E-state index in [1.54, 1.807) is 29.0 Å². The molecule has 3 aromatic rings. The van der Waals surface area contributed by atoms with Crippen LogP contribution in [0, 0.1) is 5.82 Å². The van der Waals surface area contributed by atoms with Crippen molar-refractivity contribution in [2.24, 2.45) is 5.73 Å². The minimum absolute atomic E-state index is 0.193. The number of aromatic nitrogens is 1. The number of hydrogen-bond donors (Lipinski definition) is 2. The first kappa shape index (κ1) is 21.2. The average molecular weight is 450 g/mol. The Hall–Kier alpha value is -3.50. The number of halogens is 2. The summed E-state index contributed by atoms with van der Waals surface area (Å²) in [5, 5.41) is 0.337. The van der Waals surface area contributed by atoms with Gasteiger partial charge in [-0.2, -0.15) is 0 Å². The average Bonchev–Trinajstić information content (AvgIpc) is 2.69. The van der Waals surface area contributed by atoms with Crippen molar-refractivity contribution in [1.29, 1.82) is 0 Å². The van der Waals surface area contributed by atoms with Crippen molar-refractivity contribution in [3.63, 3.8) is 0 Å². The van der Waals surface area contributed by atoms with E-state index in [0.717, 1.165) is 18.2 Å². The van der Waals surface area contributed by atoms with Crippen LogP contribution in [-0.2, 0) is 10.0 Å². The first-order chi connectivity index (χ1) is 14.2. The van der Waals surface area contributed by atoms with Gasteiger partial charge in [-0.3, -0.25) is 14.6 Å². The summed E-state index contributed by atoms with van der Waals surface area (Å²) in [7, 11) is -4.43. The summed E-state index contributed by atoms with van der Waals surface area (Å²) in [6, 6.07) is 11.7. The number of ether oxygens (including phenoxy) is 1. The predicted octanol–water partition coefficient (Wildman–Crippen LogP) is 2.88. The molecule has 0 saturated carbocycles. The van der Waals surface area contributed by atoms with E-state index in [4.69, 9.17) is 22.1 Å². The zero-order chi connectivity index (χ0) is 21.9. The largest absolute Gasteiger partial charge is 0.456 e. The highest BCUT2D eigenvalue weighted by molar-refractivity contribution is 7.90. The molecule has 0 saturated heterocycles. The molecule has 8 nitrogen and oxygen atoms in total. The van der Waals surface area contributed by atoms with Gasteiger partial charge in [0.05, 0.1) is 15.5 Å². The third-order valence-corrected chi connectivity index (χ3v) is 5.41. The number of para-hydroxylation sites is 1. The first-order valence-corrected chi connectivity index (χ1v) is 10.1. The second-order valence-corrected chi connectivity index (χ2v) is 7.94. The molecule has 30 heavy (non-hydrogen) atoms. The molecule has 0 aliphatic carbocycles. The van der Waals surface area contributed by atoms with Gasteiger partial charge in [0, 0.05) is 12.3 Å². The van der Waals surface area contributed by atoms with Crippen molar-refractivity contribution >= 4 is 33.4 Å². The molecule has 1 aromatic heterocycles. The molecule has 3 rings (SSSR count). The highest BCUT2D eigenvalue weighted by Gasteiger charge is 2.22. The maximum Gasteiger partial charge on any atom is 0.283 e. The fourth-order valence-electron chi connectivity index (χ4n) is 2.35. The molecule has 0 bridgehead atoms. The van der Waals surface area contributed by atoms with Gasteiger partial charge in [0.25, 0.3) is 21.8 Å². The Morgan fingerprint density at radius 2 is 1.83 bits per heavy atom. The molecular weight excluding hydrogens is 437 g/mol. The molecule has 0 fully saturated rings. The number of nitrogens with one attached hydrogen (secondary N) is 1. The van der Waals surface area contributed by atoms with Gasteiger partial charge in [-0.25, -0.2) is 17.5 Å². The standard InChI is InChI=1S/C19H13ClFN3O5S/c20-14-3-1-2-4-17(14)29-11-7-8-23-16(9-11)19(26)24-30(27,28)12-5-6-15(21)13(10-12)18(22)25/h1-10H,(H2,22,25)(H,24,26). The van der Waals surface area contributed by atoms with Crippen LogP contribution in [0.25, 0.3) is 0 Å². The summed E-state index contributed by atoms with van der Waals surface area (Å²) in [6.07, 6.45) is 1.25. The van der Waals surface area contributed by atoms with E-state index in [9.17, 15) is 22.4 Å². The summed E-state index contributed by atoms with van der Waals surface area (Å²) in [5.74, 6) is -2.68. The second kappa shape index (κ2) is 8.47. The van der Waals surface area contributed by atoms with E-state index < -0.39 is 38.1 Å². The number of nitrogens with two attached hydrogens (primary N) is 1. The SMILES string of the molecule is NC(=O)c1cc(S(=O)(=O)NC(=O)c2cc(Oc3ccccc3Cl)ccn2)ccc1F. The first-order valence-electron chi connectivity index (χ1n) is 8.22. The lowest BCUT2D eigenvalue weighted by Gasteiger charge is -2.10. The smallest absolute Gasteiger partial charge is 0.283 e. The summed E-state index contributed by atoms with van der Waals surface area (Å²) in [4.78, 5) is 26.9. The molecular formula is C19H13ClFN3O5S. The molecule has 0 atom stereocenters. The van der Waals surface area contributed by atoms with E-state index in [-0.39, 0.29) is 11.4 Å². The number of nitrogens with zero attached hydrogens (tertiary/aromatic N) is 1. The lowest BCUT2D eigenvalue weighted by molar-refractivity contribution is 0.0973. The molecule has 2 aromatic carbocycles. The topological polar surface area (TPSA) is 128 Å². The summed E-state index contributed by atoms with van der Waals surface area (Å²) < 4.78 is 45.8. The highest BCUT2D eigenvalue weighted by Crippen LogP contribution is 2.28. The number of hydrogen-bond acceptors (Lipinski definition) is 6. The number of rotatable bonds is 6. The number of sulfonamides is 1. The Balaban J connectivity index is 1.83. The van der Waals surface area contributed by atoms with Crippen LogP contribution < -0.4 is 15.2 Å². The van der Waals surface area contributed by atoms with E-state index >= 15 is 0 Å². The fourth-order valence-corrected chi connectivity index (χ4v) is 3.51. The van der Waals surface area contributed by atoms with Crippen LogP contribution in [0.4, 0.5) is 4.39 Å². The maximum absolute atomic E-state index is 13.6. The molecule has 0 spiro atoms. The highest BCUT2D eigenvalue weighted by atomic mass is 35.5. The number of carbonyl (C=O) groups is 2. The number of primary amides is 1. The van der Waals surface area contributed by atoms with Gasteiger partial charge in [-0.1, -0.05) is 23.7 Å². The van der Waals surface area contributed by atoms with E-state index in [1.807, 2.05) is 0 Å². The zero-order valence-electron chi connectivity index (χ0n) is 15.0. The third-order valence-electron chi connectivity index (χ3n) is 3.77. The van der Waals surface area contributed by atoms with Gasteiger partial charge in [0.2, 0.25) is 0 Å². The van der Waals surface area contributed by atoms with Crippen molar-refractivity contribution in [1.82, 2.24) is 9.71 Å². The molecule has 11 heteroatoms. The fraction of sp³-hybridized carbons (Fsp3) is 0. The molecule has 0 aliphatic rings. The van der Waals surface area contributed by atoms with Crippen molar-refractivity contribution in [2.45, 2.75) is 4.90 Å². The van der Waals surface area contributed by atoms with Gasteiger partial charge < -0.3 is 10.5 Å². The van der Waals surface area contributed by atoms with E-state index in [1.165, 1.54) is 18.3 Å². The number of benzene rings is 2. The molecule has 0 unspecified atom stereocenters. The second-order valence-electron chi connectivity index (χ2n) is 5.85. The minimum Gasteiger partial charge on any atom is -0.456 e. The number of pyridine rings is 1. The summed E-state index contributed by atoms with van der Waals surface area (Å²) in [5.41, 5.74) is 4.13. The van der Waals surface area contributed by atoms with Crippen LogP contribution >= 0.6 is 11.6 Å². The van der Waals surface area contributed by atoms with Crippen LogP contribution in [0.5, 0.6) is 11.5 Å². The van der Waals surface area contributed by atoms with Gasteiger partial charge in [-0.05, 0) is 36.4 Å². The van der Waals surface area contributed by atoms with Crippen LogP contribution in [0.3, 0.4) is 0 Å². The predicted molar refractivity (Wildman–Crippen MR) is 105 cm³/mol. The number of amides is 2. The lowest BCUT2D eigenvalue weighted by Crippen LogP contribution is -2.31. The van der Waals surface area contributed by atoms with E-state index in [0.29, 0.717) is 10.8 Å².